The second-order valence-electron chi connectivity index (χ2n) is 9.91. The van der Waals surface area contributed by atoms with E-state index < -0.39 is 29.3 Å². The average molecular weight is 498 g/mol. The molecule has 3 aromatic rings. The Bertz CT molecular complexity index is 1290. The van der Waals surface area contributed by atoms with Gasteiger partial charge in [0.2, 0.25) is 0 Å². The summed E-state index contributed by atoms with van der Waals surface area (Å²) in [6.45, 7) is 7.57. The van der Waals surface area contributed by atoms with Gasteiger partial charge in [0.05, 0.1) is 12.2 Å². The summed E-state index contributed by atoms with van der Waals surface area (Å²) in [4.78, 5) is 12.6. The van der Waals surface area contributed by atoms with E-state index >= 15 is 8.78 Å². The maximum absolute atomic E-state index is 15.5. The number of aromatic nitrogens is 2. The number of aryl methyl sites for hydroxylation is 1. The molecule has 0 fully saturated rings. The van der Waals surface area contributed by atoms with Crippen molar-refractivity contribution in [2.45, 2.75) is 58.4 Å². The summed E-state index contributed by atoms with van der Waals surface area (Å²) in [5, 5.41) is 13.2. The van der Waals surface area contributed by atoms with Crippen molar-refractivity contribution in [3.05, 3.63) is 82.7 Å². The summed E-state index contributed by atoms with van der Waals surface area (Å²) in [5.41, 5.74) is 1.89. The number of rotatable bonds is 7. The minimum Gasteiger partial charge on any atom is -0.478 e. The number of nitrogens with zero attached hydrogens (tertiary/aromatic N) is 3. The van der Waals surface area contributed by atoms with Gasteiger partial charge < -0.3 is 5.11 Å². The number of halogens is 3. The van der Waals surface area contributed by atoms with Crippen LogP contribution in [0.3, 0.4) is 0 Å². The Morgan fingerprint density at radius 2 is 1.89 bits per heavy atom. The molecule has 8 heteroatoms. The Morgan fingerprint density at radius 1 is 1.19 bits per heavy atom. The number of aliphatic carboxylic acids is 1. The SMILES string of the molecule is CCn1cc(-c2ccc3c(c2)C[C@H](C)N(CC(C)(C)F)[C@H]3c2c(F)cc(/C=C/C(=O)O)cc2F)cn1. The Morgan fingerprint density at radius 3 is 2.47 bits per heavy atom. The zero-order valence-corrected chi connectivity index (χ0v) is 20.8. The largest absolute Gasteiger partial charge is 0.478 e. The Balaban J connectivity index is 1.84. The van der Waals surface area contributed by atoms with Crippen molar-refractivity contribution < 1.29 is 23.1 Å². The Hall–Kier alpha value is -3.39. The van der Waals surface area contributed by atoms with Gasteiger partial charge in [-0.3, -0.25) is 9.58 Å². The molecule has 0 saturated carbocycles. The molecule has 1 aliphatic rings. The van der Waals surface area contributed by atoms with E-state index in [9.17, 15) is 9.18 Å². The second-order valence-corrected chi connectivity index (χ2v) is 9.91. The molecule has 0 unspecified atom stereocenters. The predicted molar refractivity (Wildman–Crippen MR) is 133 cm³/mol. The number of carboxylic acids is 1. The zero-order valence-electron chi connectivity index (χ0n) is 20.8. The lowest BCUT2D eigenvalue weighted by molar-refractivity contribution is -0.131. The van der Waals surface area contributed by atoms with Crippen LogP contribution >= 0.6 is 0 Å². The van der Waals surface area contributed by atoms with E-state index in [2.05, 4.69) is 5.10 Å². The maximum Gasteiger partial charge on any atom is 0.328 e. The number of carboxylic acid groups (broad SMARTS) is 1. The minimum atomic E-state index is -1.59. The molecule has 2 heterocycles. The number of hydrogen-bond donors (Lipinski definition) is 1. The van der Waals surface area contributed by atoms with E-state index in [1.54, 1.807) is 6.20 Å². The molecule has 1 N–H and O–H groups in total. The summed E-state index contributed by atoms with van der Waals surface area (Å²) < 4.78 is 47.7. The molecule has 0 bridgehead atoms. The second kappa shape index (κ2) is 9.93. The molecule has 1 aromatic heterocycles. The number of benzene rings is 2. The van der Waals surface area contributed by atoms with Crippen LogP contribution in [0, 0.1) is 11.6 Å². The fraction of sp³-hybridized carbons (Fsp3) is 0.357. The molecular formula is C28H30F3N3O2. The van der Waals surface area contributed by atoms with Gasteiger partial charge in [-0.15, -0.1) is 0 Å². The van der Waals surface area contributed by atoms with Crippen molar-refractivity contribution >= 4 is 12.0 Å². The van der Waals surface area contributed by atoms with Gasteiger partial charge in [0.25, 0.3) is 0 Å². The van der Waals surface area contributed by atoms with Gasteiger partial charge in [0, 0.05) is 42.5 Å². The van der Waals surface area contributed by atoms with Crippen molar-refractivity contribution in [3.8, 4) is 11.1 Å². The molecule has 36 heavy (non-hydrogen) atoms. The molecule has 0 saturated heterocycles. The summed E-state index contributed by atoms with van der Waals surface area (Å²) >= 11 is 0. The third kappa shape index (κ3) is 5.38. The minimum absolute atomic E-state index is 0.0111. The van der Waals surface area contributed by atoms with Crippen LogP contribution in [-0.4, -0.2) is 44.0 Å². The molecule has 0 spiro atoms. The molecule has 4 rings (SSSR count). The third-order valence-electron chi connectivity index (χ3n) is 6.49. The van der Waals surface area contributed by atoms with Gasteiger partial charge in [0.1, 0.15) is 17.3 Å². The van der Waals surface area contributed by atoms with Crippen LogP contribution in [-0.2, 0) is 17.8 Å². The van der Waals surface area contributed by atoms with Gasteiger partial charge in [-0.05, 0) is 74.6 Å². The van der Waals surface area contributed by atoms with Crippen LogP contribution in [0.25, 0.3) is 17.2 Å². The van der Waals surface area contributed by atoms with Gasteiger partial charge >= 0.3 is 5.97 Å². The van der Waals surface area contributed by atoms with Gasteiger partial charge in [0.15, 0.2) is 0 Å². The van der Waals surface area contributed by atoms with Gasteiger partial charge in [-0.1, -0.05) is 18.2 Å². The van der Waals surface area contributed by atoms with Crippen LogP contribution in [0.4, 0.5) is 13.2 Å². The number of fused-ring (bicyclic) bond motifs is 1. The van der Waals surface area contributed by atoms with Gasteiger partial charge in [-0.2, -0.15) is 5.10 Å². The van der Waals surface area contributed by atoms with Crippen LogP contribution in [0.1, 0.15) is 56.0 Å². The first-order chi connectivity index (χ1) is 17.0. The summed E-state index contributed by atoms with van der Waals surface area (Å²) in [7, 11) is 0. The molecule has 190 valence electrons. The van der Waals surface area contributed by atoms with Crippen molar-refractivity contribution in [1.29, 1.82) is 0 Å². The maximum atomic E-state index is 15.5. The predicted octanol–water partition coefficient (Wildman–Crippen LogP) is 6.03. The van der Waals surface area contributed by atoms with E-state index in [1.165, 1.54) is 13.8 Å². The number of alkyl halides is 1. The van der Waals surface area contributed by atoms with E-state index in [4.69, 9.17) is 5.11 Å². The first kappa shape index (κ1) is 25.7. The normalized spacial score (nSPS) is 18.5. The van der Waals surface area contributed by atoms with E-state index in [0.717, 1.165) is 53.1 Å². The lowest BCUT2D eigenvalue weighted by atomic mass is 9.82. The summed E-state index contributed by atoms with van der Waals surface area (Å²) in [6.07, 6.45) is 6.30. The Kier molecular flexibility index (Phi) is 7.09. The van der Waals surface area contributed by atoms with Crippen molar-refractivity contribution in [2.75, 3.05) is 6.54 Å². The quantitative estimate of drug-likeness (QED) is 0.405. The number of hydrogen-bond acceptors (Lipinski definition) is 3. The molecule has 2 atom stereocenters. The fourth-order valence-corrected chi connectivity index (χ4v) is 4.91. The zero-order chi connectivity index (χ0) is 26.2. The van der Waals surface area contributed by atoms with Crippen LogP contribution in [0.15, 0.2) is 48.8 Å². The molecule has 0 amide bonds. The van der Waals surface area contributed by atoms with E-state index in [0.29, 0.717) is 6.42 Å². The lowest BCUT2D eigenvalue weighted by Crippen LogP contribution is -2.48. The third-order valence-corrected chi connectivity index (χ3v) is 6.49. The molecular weight excluding hydrogens is 467 g/mol. The molecule has 0 radical (unpaired) electrons. The first-order valence-corrected chi connectivity index (χ1v) is 12.0. The topological polar surface area (TPSA) is 58.4 Å². The van der Waals surface area contributed by atoms with Crippen LogP contribution in [0.2, 0.25) is 0 Å². The highest BCUT2D eigenvalue weighted by Gasteiger charge is 2.39. The standard InChI is InChI=1S/C28H30F3N3O2/c1-5-33-15-21(14-32-33)19-7-8-22-20(13-19)10-17(2)34(16-28(3,4)31)27(22)26-23(29)11-18(12-24(26)30)6-9-25(35)36/h6-9,11-15,17,27H,5,10,16H2,1-4H3,(H,35,36)/b9-6+/t17-,27+/m0/s1. The Labute approximate surface area is 208 Å². The molecule has 2 aromatic carbocycles. The average Bonchev–Trinajstić information content (AvgIpc) is 3.27. The highest BCUT2D eigenvalue weighted by Crippen LogP contribution is 2.42. The van der Waals surface area contributed by atoms with Crippen molar-refractivity contribution in [2.24, 2.45) is 0 Å². The van der Waals surface area contributed by atoms with E-state index in [-0.39, 0.29) is 23.7 Å². The summed E-state index contributed by atoms with van der Waals surface area (Å²) in [5.74, 6) is -2.83. The highest BCUT2D eigenvalue weighted by molar-refractivity contribution is 5.85. The van der Waals surface area contributed by atoms with E-state index in [1.807, 2.05) is 47.8 Å². The molecule has 1 aliphatic heterocycles. The first-order valence-electron chi connectivity index (χ1n) is 12.0. The van der Waals surface area contributed by atoms with Crippen molar-refractivity contribution in [1.82, 2.24) is 14.7 Å². The molecule has 5 nitrogen and oxygen atoms in total. The fourth-order valence-electron chi connectivity index (χ4n) is 4.91. The monoisotopic (exact) mass is 497 g/mol. The van der Waals surface area contributed by atoms with Crippen LogP contribution in [0.5, 0.6) is 0 Å². The smallest absolute Gasteiger partial charge is 0.328 e. The summed E-state index contributed by atoms with van der Waals surface area (Å²) in [6, 6.07) is 6.98. The number of carbonyl (C=O) groups is 1. The lowest BCUT2D eigenvalue weighted by Gasteiger charge is -2.44. The molecule has 0 aliphatic carbocycles. The van der Waals surface area contributed by atoms with Gasteiger partial charge in [-0.25, -0.2) is 18.0 Å². The highest BCUT2D eigenvalue weighted by atomic mass is 19.1. The van der Waals surface area contributed by atoms with Crippen molar-refractivity contribution in [3.63, 3.8) is 0 Å². The van der Waals surface area contributed by atoms with Crippen LogP contribution < -0.4 is 0 Å².